The number of fused-ring (bicyclic) bond motifs is 1. The van der Waals surface area contributed by atoms with Gasteiger partial charge in [-0.1, -0.05) is 60.7 Å². The topological polar surface area (TPSA) is 127 Å². The summed E-state index contributed by atoms with van der Waals surface area (Å²) in [6.07, 6.45) is 0. The molecule has 0 atom stereocenters. The molecule has 0 spiro atoms. The molecule has 0 amide bonds. The lowest BCUT2D eigenvalue weighted by Gasteiger charge is -2.19. The van der Waals surface area contributed by atoms with Crippen LogP contribution in [0.2, 0.25) is 0 Å². The van der Waals surface area contributed by atoms with Crippen LogP contribution >= 0.6 is 0 Å². The Morgan fingerprint density at radius 1 is 0.639 bits per heavy atom. The maximum Gasteiger partial charge on any atom is 0.347 e. The van der Waals surface area contributed by atoms with Crippen LogP contribution in [0.4, 0.5) is 0 Å². The molecule has 0 unspecified atom stereocenters. The molecule has 0 saturated carbocycles. The lowest BCUT2D eigenvalue weighted by Crippen LogP contribution is -2.08. The highest BCUT2D eigenvalue weighted by Gasteiger charge is 2.36. The van der Waals surface area contributed by atoms with Crippen molar-refractivity contribution in [1.29, 1.82) is 0 Å². The molecule has 2 N–H and O–H groups in total. The van der Waals surface area contributed by atoms with Crippen molar-refractivity contribution in [3.8, 4) is 33.8 Å². The molecule has 4 aromatic rings. The number of carboxylic acids is 2. The van der Waals surface area contributed by atoms with Crippen molar-refractivity contribution < 1.29 is 38.9 Å². The average molecular weight is 480 g/mol. The SMILES string of the molecule is O=C(O)c1ccc(Oc2cc3c(c(-c4ccccc4)c2-c2ccccc2)C(=O)OC3=O)cc1C(=O)O. The average Bonchev–Trinajstić information content (AvgIpc) is 3.16. The second kappa shape index (κ2) is 8.84. The molecule has 8 heteroatoms. The fourth-order valence-electron chi connectivity index (χ4n) is 4.16. The van der Waals surface area contributed by atoms with Gasteiger partial charge in [0.15, 0.2) is 0 Å². The van der Waals surface area contributed by atoms with Crippen molar-refractivity contribution in [2.75, 3.05) is 0 Å². The second-order valence-electron chi connectivity index (χ2n) is 7.88. The smallest absolute Gasteiger partial charge is 0.347 e. The van der Waals surface area contributed by atoms with Gasteiger partial charge in [0.25, 0.3) is 0 Å². The quantitative estimate of drug-likeness (QED) is 0.273. The zero-order valence-corrected chi connectivity index (χ0v) is 18.4. The Balaban J connectivity index is 1.80. The van der Waals surface area contributed by atoms with Crippen LogP contribution in [0.25, 0.3) is 22.3 Å². The van der Waals surface area contributed by atoms with E-state index in [-0.39, 0.29) is 22.6 Å². The van der Waals surface area contributed by atoms with Gasteiger partial charge in [-0.25, -0.2) is 19.2 Å². The third-order valence-corrected chi connectivity index (χ3v) is 5.71. The molecule has 0 aromatic heterocycles. The van der Waals surface area contributed by atoms with E-state index in [2.05, 4.69) is 0 Å². The minimum absolute atomic E-state index is 0.00847. The molecule has 1 aliphatic heterocycles. The number of aromatic carboxylic acids is 2. The zero-order valence-electron chi connectivity index (χ0n) is 18.4. The number of rotatable bonds is 6. The first kappa shape index (κ1) is 22.5. The van der Waals surface area contributed by atoms with E-state index in [0.717, 1.165) is 12.1 Å². The Bertz CT molecular complexity index is 1560. The number of carbonyl (C=O) groups excluding carboxylic acids is 2. The Kier molecular flexibility index (Phi) is 5.54. The molecule has 5 rings (SSSR count). The number of esters is 2. The number of benzene rings is 4. The van der Waals surface area contributed by atoms with Crippen LogP contribution in [0.15, 0.2) is 84.9 Å². The van der Waals surface area contributed by atoms with Crippen LogP contribution in [-0.2, 0) is 4.74 Å². The van der Waals surface area contributed by atoms with E-state index in [1.54, 1.807) is 48.5 Å². The van der Waals surface area contributed by atoms with Crippen molar-refractivity contribution in [2.45, 2.75) is 0 Å². The van der Waals surface area contributed by atoms with Crippen molar-refractivity contribution >= 4 is 23.9 Å². The molecule has 176 valence electrons. The minimum Gasteiger partial charge on any atom is -0.478 e. The standard InChI is InChI=1S/C28H16O8/c29-25(30)18-12-11-17(13-19(18)26(31)32)35-21-14-20-24(28(34)36-27(20)33)23(16-9-5-2-6-10-16)22(21)15-7-3-1-4-8-15/h1-14H,(H,29,30)(H,31,32). The first-order chi connectivity index (χ1) is 17.3. The van der Waals surface area contributed by atoms with E-state index < -0.39 is 35.0 Å². The summed E-state index contributed by atoms with van der Waals surface area (Å²) in [4.78, 5) is 48.4. The van der Waals surface area contributed by atoms with Gasteiger partial charge >= 0.3 is 23.9 Å². The van der Waals surface area contributed by atoms with Gasteiger partial charge in [-0.2, -0.15) is 0 Å². The van der Waals surface area contributed by atoms with E-state index >= 15 is 0 Å². The maximum atomic E-state index is 12.7. The van der Waals surface area contributed by atoms with Gasteiger partial charge in [0, 0.05) is 11.1 Å². The number of hydrogen-bond donors (Lipinski definition) is 2. The maximum absolute atomic E-state index is 12.7. The molecule has 1 heterocycles. The molecule has 36 heavy (non-hydrogen) atoms. The van der Waals surface area contributed by atoms with E-state index in [1.165, 1.54) is 12.1 Å². The largest absolute Gasteiger partial charge is 0.478 e. The number of carbonyl (C=O) groups is 4. The van der Waals surface area contributed by atoms with Crippen LogP contribution < -0.4 is 4.74 Å². The van der Waals surface area contributed by atoms with Gasteiger partial charge in [-0.05, 0) is 35.4 Å². The molecule has 4 aromatic carbocycles. The predicted molar refractivity (Wildman–Crippen MR) is 127 cm³/mol. The number of ether oxygens (including phenoxy) is 2. The van der Waals surface area contributed by atoms with E-state index in [9.17, 15) is 29.4 Å². The van der Waals surface area contributed by atoms with E-state index in [4.69, 9.17) is 9.47 Å². The van der Waals surface area contributed by atoms with Crippen LogP contribution in [-0.4, -0.2) is 34.1 Å². The molecule has 0 aliphatic carbocycles. The van der Waals surface area contributed by atoms with Crippen LogP contribution in [0, 0.1) is 0 Å². The number of hydrogen-bond acceptors (Lipinski definition) is 6. The zero-order chi connectivity index (χ0) is 25.4. The molecule has 1 aliphatic rings. The summed E-state index contributed by atoms with van der Waals surface area (Å²) in [6, 6.07) is 22.9. The molecule has 0 fully saturated rings. The van der Waals surface area contributed by atoms with Gasteiger partial charge in [0.2, 0.25) is 0 Å². The summed E-state index contributed by atoms with van der Waals surface area (Å²) in [5.74, 6) is -4.25. The molecule has 0 saturated heterocycles. The van der Waals surface area contributed by atoms with Gasteiger partial charge in [-0.15, -0.1) is 0 Å². The number of carboxylic acid groups (broad SMARTS) is 2. The highest BCUT2D eigenvalue weighted by molar-refractivity contribution is 6.20. The van der Waals surface area contributed by atoms with Crippen LogP contribution in [0.5, 0.6) is 11.5 Å². The highest BCUT2D eigenvalue weighted by atomic mass is 16.6. The Labute approximate surface area is 204 Å². The van der Waals surface area contributed by atoms with Gasteiger partial charge in [0.1, 0.15) is 11.5 Å². The molecular formula is C28H16O8. The fraction of sp³-hybridized carbons (Fsp3) is 0. The third kappa shape index (κ3) is 3.86. The third-order valence-electron chi connectivity index (χ3n) is 5.71. The van der Waals surface area contributed by atoms with Crippen molar-refractivity contribution in [1.82, 2.24) is 0 Å². The monoisotopic (exact) mass is 480 g/mol. The van der Waals surface area contributed by atoms with Crippen molar-refractivity contribution in [3.05, 3.63) is 107 Å². The van der Waals surface area contributed by atoms with Gasteiger partial charge < -0.3 is 19.7 Å². The normalized spacial score (nSPS) is 12.1. The Hall–Kier alpha value is -5.24. The molecule has 0 bridgehead atoms. The van der Waals surface area contributed by atoms with Gasteiger partial charge in [0.05, 0.1) is 22.3 Å². The molecule has 8 nitrogen and oxygen atoms in total. The first-order valence-corrected chi connectivity index (χ1v) is 10.7. The summed E-state index contributed by atoms with van der Waals surface area (Å²) in [5.41, 5.74) is 1.46. The number of cyclic esters (lactones) is 2. The fourth-order valence-corrected chi connectivity index (χ4v) is 4.16. The summed E-state index contributed by atoms with van der Waals surface area (Å²) in [7, 11) is 0. The van der Waals surface area contributed by atoms with Crippen LogP contribution in [0.1, 0.15) is 41.4 Å². The van der Waals surface area contributed by atoms with E-state index in [1.807, 2.05) is 12.1 Å². The van der Waals surface area contributed by atoms with Gasteiger partial charge in [-0.3, -0.25) is 0 Å². The second-order valence-corrected chi connectivity index (χ2v) is 7.88. The Morgan fingerprint density at radius 2 is 1.22 bits per heavy atom. The highest BCUT2D eigenvalue weighted by Crippen LogP contribution is 2.46. The predicted octanol–water partition coefficient (Wildman–Crippen LogP) is 5.52. The van der Waals surface area contributed by atoms with Crippen molar-refractivity contribution in [3.63, 3.8) is 0 Å². The minimum atomic E-state index is -1.44. The van der Waals surface area contributed by atoms with E-state index in [0.29, 0.717) is 22.3 Å². The Morgan fingerprint density at radius 3 is 1.81 bits per heavy atom. The van der Waals surface area contributed by atoms with Crippen LogP contribution in [0.3, 0.4) is 0 Å². The summed E-state index contributed by atoms with van der Waals surface area (Å²) in [6.45, 7) is 0. The molecule has 0 radical (unpaired) electrons. The lowest BCUT2D eigenvalue weighted by atomic mass is 9.87. The summed E-state index contributed by atoms with van der Waals surface area (Å²) < 4.78 is 11.0. The first-order valence-electron chi connectivity index (χ1n) is 10.7. The summed E-state index contributed by atoms with van der Waals surface area (Å²) >= 11 is 0. The van der Waals surface area contributed by atoms with Crippen molar-refractivity contribution in [2.24, 2.45) is 0 Å². The lowest BCUT2D eigenvalue weighted by molar-refractivity contribution is 0.0442. The summed E-state index contributed by atoms with van der Waals surface area (Å²) in [5, 5.41) is 18.8. The molecular weight excluding hydrogens is 464 g/mol.